The summed E-state index contributed by atoms with van der Waals surface area (Å²) in [4.78, 5) is 11.9. The van der Waals surface area contributed by atoms with Crippen LogP contribution in [0, 0.1) is 0 Å². The number of methoxy groups -OCH3 is 1. The van der Waals surface area contributed by atoms with Crippen LogP contribution in [-0.4, -0.2) is 13.0 Å². The Hall–Kier alpha value is -2.21. The fraction of sp³-hybridized carbons (Fsp3) is 0.188. The first-order valence-electron chi connectivity index (χ1n) is 6.59. The van der Waals surface area contributed by atoms with Crippen molar-refractivity contribution in [3.05, 3.63) is 58.6 Å². The number of benzene rings is 2. The molecule has 0 aliphatic heterocycles. The van der Waals surface area contributed by atoms with Crippen LogP contribution < -0.4 is 10.1 Å². The summed E-state index contributed by atoms with van der Waals surface area (Å²) in [6, 6.07) is 9.68. The van der Waals surface area contributed by atoms with E-state index in [1.807, 2.05) is 0 Å². The second-order valence-electron chi connectivity index (χ2n) is 4.77. The lowest BCUT2D eigenvalue weighted by Crippen LogP contribution is -2.15. The third-order valence-corrected chi connectivity index (χ3v) is 3.41. The van der Waals surface area contributed by atoms with Gasteiger partial charge < -0.3 is 10.1 Å². The largest absolute Gasteiger partial charge is 0.497 e. The number of rotatable bonds is 4. The van der Waals surface area contributed by atoms with Crippen molar-refractivity contribution in [3.63, 3.8) is 0 Å². The van der Waals surface area contributed by atoms with Crippen molar-refractivity contribution in [1.82, 2.24) is 0 Å². The number of carbonyl (C=O) groups is 1. The third-order valence-electron chi connectivity index (χ3n) is 3.09. The molecule has 0 radical (unpaired) electrons. The minimum Gasteiger partial charge on any atom is -0.497 e. The van der Waals surface area contributed by atoms with Crippen molar-refractivity contribution >= 4 is 23.2 Å². The van der Waals surface area contributed by atoms with Crippen LogP contribution in [0.1, 0.15) is 11.1 Å². The summed E-state index contributed by atoms with van der Waals surface area (Å²) < 4.78 is 42.7. The maximum Gasteiger partial charge on any atom is 0.416 e. The second-order valence-corrected chi connectivity index (χ2v) is 5.17. The van der Waals surface area contributed by atoms with Crippen molar-refractivity contribution in [3.8, 4) is 5.75 Å². The molecule has 0 unspecified atom stereocenters. The van der Waals surface area contributed by atoms with E-state index in [1.165, 1.54) is 7.11 Å². The fourth-order valence-electron chi connectivity index (χ4n) is 1.92. The Morgan fingerprint density at radius 3 is 2.35 bits per heavy atom. The van der Waals surface area contributed by atoms with Crippen LogP contribution in [0.3, 0.4) is 0 Å². The summed E-state index contributed by atoms with van der Waals surface area (Å²) in [5, 5.41) is 2.33. The lowest BCUT2D eigenvalue weighted by Gasteiger charge is -2.11. The first kappa shape index (κ1) is 17.1. The summed E-state index contributed by atoms with van der Waals surface area (Å²) in [5.41, 5.74) is 0.0140. The molecule has 0 saturated carbocycles. The average molecular weight is 344 g/mol. The van der Waals surface area contributed by atoms with Gasteiger partial charge in [0.15, 0.2) is 0 Å². The molecule has 7 heteroatoms. The van der Waals surface area contributed by atoms with Crippen LogP contribution in [0.5, 0.6) is 5.75 Å². The molecular weight excluding hydrogens is 331 g/mol. The van der Waals surface area contributed by atoms with Gasteiger partial charge in [-0.25, -0.2) is 0 Å². The molecule has 0 spiro atoms. The number of anilines is 1. The van der Waals surface area contributed by atoms with Gasteiger partial charge in [0.2, 0.25) is 5.91 Å². The molecule has 1 amide bonds. The van der Waals surface area contributed by atoms with Gasteiger partial charge in [-0.1, -0.05) is 23.7 Å². The monoisotopic (exact) mass is 343 g/mol. The molecule has 0 aromatic heterocycles. The topological polar surface area (TPSA) is 38.3 Å². The maximum absolute atomic E-state index is 12.6. The minimum atomic E-state index is -4.48. The summed E-state index contributed by atoms with van der Waals surface area (Å²) in [5.74, 6) is 0.289. The van der Waals surface area contributed by atoms with Gasteiger partial charge in [-0.3, -0.25) is 4.79 Å². The van der Waals surface area contributed by atoms with E-state index in [0.29, 0.717) is 5.75 Å². The average Bonchev–Trinajstić information content (AvgIpc) is 2.49. The van der Waals surface area contributed by atoms with E-state index in [2.05, 4.69) is 5.32 Å². The fourth-order valence-corrected chi connectivity index (χ4v) is 2.14. The molecule has 0 bridgehead atoms. The number of nitrogens with one attached hydrogen (secondary N) is 1. The molecule has 0 atom stereocenters. The lowest BCUT2D eigenvalue weighted by atomic mass is 10.1. The zero-order valence-electron chi connectivity index (χ0n) is 12.1. The Labute approximate surface area is 136 Å². The van der Waals surface area contributed by atoms with E-state index >= 15 is 0 Å². The number of halogens is 4. The predicted molar refractivity (Wildman–Crippen MR) is 81.8 cm³/mol. The van der Waals surface area contributed by atoms with Gasteiger partial charge in [0.05, 0.1) is 29.8 Å². The van der Waals surface area contributed by atoms with E-state index in [9.17, 15) is 18.0 Å². The van der Waals surface area contributed by atoms with Crippen molar-refractivity contribution in [2.75, 3.05) is 12.4 Å². The highest BCUT2D eigenvalue weighted by molar-refractivity contribution is 6.33. The van der Waals surface area contributed by atoms with Gasteiger partial charge in [0.1, 0.15) is 5.75 Å². The summed E-state index contributed by atoms with van der Waals surface area (Å²) in [6.07, 6.45) is -4.41. The van der Waals surface area contributed by atoms with Gasteiger partial charge in [0.25, 0.3) is 0 Å². The van der Waals surface area contributed by atoms with Crippen LogP contribution in [0.2, 0.25) is 5.02 Å². The van der Waals surface area contributed by atoms with Crippen LogP contribution in [0.4, 0.5) is 18.9 Å². The Morgan fingerprint density at radius 1 is 1.17 bits per heavy atom. The molecule has 0 saturated heterocycles. The zero-order chi connectivity index (χ0) is 17.0. The van der Waals surface area contributed by atoms with E-state index in [-0.39, 0.29) is 23.0 Å². The number of amides is 1. The molecule has 23 heavy (non-hydrogen) atoms. The van der Waals surface area contributed by atoms with Crippen molar-refractivity contribution in [2.24, 2.45) is 0 Å². The molecule has 0 aliphatic carbocycles. The van der Waals surface area contributed by atoms with Crippen LogP contribution in [0.25, 0.3) is 0 Å². The van der Waals surface area contributed by atoms with Gasteiger partial charge in [0, 0.05) is 0 Å². The molecular formula is C16H13ClF3NO2. The molecule has 2 aromatic rings. The molecule has 0 heterocycles. The molecule has 3 nitrogen and oxygen atoms in total. The van der Waals surface area contributed by atoms with E-state index < -0.39 is 11.7 Å². The maximum atomic E-state index is 12.6. The Bertz CT molecular complexity index is 699. The zero-order valence-corrected chi connectivity index (χ0v) is 12.8. The normalized spacial score (nSPS) is 11.2. The van der Waals surface area contributed by atoms with Crippen LogP contribution in [0.15, 0.2) is 42.5 Å². The molecule has 2 aromatic carbocycles. The lowest BCUT2D eigenvalue weighted by molar-refractivity contribution is -0.137. The first-order valence-corrected chi connectivity index (χ1v) is 6.97. The standard InChI is InChI=1S/C16H13ClF3NO2/c1-23-12-5-2-10(3-6-12)8-15(22)21-14-7-4-11(9-13(14)17)16(18,19)20/h2-7,9H,8H2,1H3,(H,21,22). The van der Waals surface area contributed by atoms with Gasteiger partial charge in [-0.05, 0) is 35.9 Å². The highest BCUT2D eigenvalue weighted by atomic mass is 35.5. The minimum absolute atomic E-state index is 0.0708. The quantitative estimate of drug-likeness (QED) is 0.884. The molecule has 122 valence electrons. The van der Waals surface area contributed by atoms with Crippen LogP contribution in [-0.2, 0) is 17.4 Å². The highest BCUT2D eigenvalue weighted by Crippen LogP contribution is 2.33. The van der Waals surface area contributed by atoms with E-state index in [1.54, 1.807) is 24.3 Å². The summed E-state index contributed by atoms with van der Waals surface area (Å²) >= 11 is 5.79. The number of ether oxygens (including phenoxy) is 1. The van der Waals surface area contributed by atoms with Crippen molar-refractivity contribution in [1.29, 1.82) is 0 Å². The smallest absolute Gasteiger partial charge is 0.416 e. The second kappa shape index (κ2) is 6.91. The van der Waals surface area contributed by atoms with Crippen LogP contribution >= 0.6 is 11.6 Å². The number of carbonyl (C=O) groups excluding carboxylic acids is 1. The summed E-state index contributed by atoms with van der Waals surface area (Å²) in [7, 11) is 1.54. The van der Waals surface area contributed by atoms with Gasteiger partial charge in [-0.15, -0.1) is 0 Å². The van der Waals surface area contributed by atoms with Gasteiger partial charge in [-0.2, -0.15) is 13.2 Å². The van der Waals surface area contributed by atoms with E-state index in [0.717, 1.165) is 23.8 Å². The Morgan fingerprint density at radius 2 is 1.83 bits per heavy atom. The van der Waals surface area contributed by atoms with E-state index in [4.69, 9.17) is 16.3 Å². The Balaban J connectivity index is 2.05. The first-order chi connectivity index (χ1) is 10.8. The van der Waals surface area contributed by atoms with Gasteiger partial charge >= 0.3 is 6.18 Å². The molecule has 0 aliphatic rings. The molecule has 0 fully saturated rings. The third kappa shape index (κ3) is 4.63. The number of hydrogen-bond acceptors (Lipinski definition) is 2. The number of alkyl halides is 3. The Kier molecular flexibility index (Phi) is 5.15. The van der Waals surface area contributed by atoms with Crippen molar-refractivity contribution in [2.45, 2.75) is 12.6 Å². The summed E-state index contributed by atoms with van der Waals surface area (Å²) in [6.45, 7) is 0. The molecule has 1 N–H and O–H groups in total. The number of hydrogen-bond donors (Lipinski definition) is 1. The highest BCUT2D eigenvalue weighted by Gasteiger charge is 2.30. The SMILES string of the molecule is COc1ccc(CC(=O)Nc2ccc(C(F)(F)F)cc2Cl)cc1. The van der Waals surface area contributed by atoms with Crippen molar-refractivity contribution < 1.29 is 22.7 Å². The predicted octanol–water partition coefficient (Wildman–Crippen LogP) is 4.55. The molecule has 2 rings (SSSR count).